The molecule has 28 heavy (non-hydrogen) atoms. The van der Waals surface area contributed by atoms with Crippen LogP contribution >= 0.6 is 0 Å². The molecular weight excluding hydrogens is 380 g/mol. The SMILES string of the molecule is Cc1ccccc1CNC(=O)COC(=O)c1cccc(N2CCCS2(=O)=O)c1. The fraction of sp³-hybridized carbons (Fsp3) is 0.300. The Kier molecular flexibility index (Phi) is 5.99. The molecule has 7 nitrogen and oxygen atoms in total. The predicted molar refractivity (Wildman–Crippen MR) is 106 cm³/mol. The number of nitrogens with one attached hydrogen (secondary N) is 1. The Labute approximate surface area is 164 Å². The third-order valence-electron chi connectivity index (χ3n) is 4.54. The first-order valence-electron chi connectivity index (χ1n) is 8.95. The van der Waals surface area contributed by atoms with Gasteiger partial charge in [-0.1, -0.05) is 30.3 Å². The summed E-state index contributed by atoms with van der Waals surface area (Å²) in [7, 11) is -3.33. The number of benzene rings is 2. The molecule has 1 heterocycles. The molecule has 0 unspecified atom stereocenters. The van der Waals surface area contributed by atoms with Crippen molar-refractivity contribution < 1.29 is 22.7 Å². The Morgan fingerprint density at radius 2 is 1.93 bits per heavy atom. The van der Waals surface area contributed by atoms with E-state index in [1.807, 2.05) is 31.2 Å². The average molecular weight is 402 g/mol. The van der Waals surface area contributed by atoms with E-state index in [0.29, 0.717) is 25.2 Å². The minimum Gasteiger partial charge on any atom is -0.452 e. The minimum absolute atomic E-state index is 0.0999. The number of nitrogens with zero attached hydrogens (tertiary/aromatic N) is 1. The van der Waals surface area contributed by atoms with E-state index in [2.05, 4.69) is 5.32 Å². The van der Waals surface area contributed by atoms with Gasteiger partial charge in [0.2, 0.25) is 10.0 Å². The maximum Gasteiger partial charge on any atom is 0.338 e. The van der Waals surface area contributed by atoms with E-state index in [0.717, 1.165) is 11.1 Å². The molecule has 0 bridgehead atoms. The van der Waals surface area contributed by atoms with E-state index in [1.165, 1.54) is 16.4 Å². The molecule has 1 aliphatic rings. The van der Waals surface area contributed by atoms with E-state index in [9.17, 15) is 18.0 Å². The summed E-state index contributed by atoms with van der Waals surface area (Å²) in [6, 6.07) is 13.9. The molecule has 1 fully saturated rings. The molecule has 0 radical (unpaired) electrons. The zero-order valence-corrected chi connectivity index (χ0v) is 16.4. The summed E-state index contributed by atoms with van der Waals surface area (Å²) in [6.07, 6.45) is 0.554. The molecule has 2 aromatic rings. The molecule has 0 spiro atoms. The second kappa shape index (κ2) is 8.43. The molecule has 0 aliphatic carbocycles. The normalized spacial score (nSPS) is 15.2. The number of rotatable bonds is 6. The first kappa shape index (κ1) is 19.9. The highest BCUT2D eigenvalue weighted by Gasteiger charge is 2.28. The number of ether oxygens (including phenoxy) is 1. The average Bonchev–Trinajstić information content (AvgIpc) is 3.04. The number of anilines is 1. The van der Waals surface area contributed by atoms with Crippen LogP contribution in [0.3, 0.4) is 0 Å². The Hall–Kier alpha value is -2.87. The Morgan fingerprint density at radius 1 is 1.14 bits per heavy atom. The first-order valence-corrected chi connectivity index (χ1v) is 10.6. The fourth-order valence-corrected chi connectivity index (χ4v) is 4.54. The monoisotopic (exact) mass is 402 g/mol. The van der Waals surface area contributed by atoms with Crippen molar-refractivity contribution >= 4 is 27.6 Å². The Morgan fingerprint density at radius 3 is 2.64 bits per heavy atom. The van der Waals surface area contributed by atoms with Gasteiger partial charge in [0.1, 0.15) is 0 Å². The van der Waals surface area contributed by atoms with Gasteiger partial charge < -0.3 is 10.1 Å². The molecule has 0 aromatic heterocycles. The van der Waals surface area contributed by atoms with E-state index in [4.69, 9.17) is 4.74 Å². The van der Waals surface area contributed by atoms with Crippen LogP contribution in [-0.4, -0.2) is 39.2 Å². The standard InChI is InChI=1S/C20H22N2O5S/c1-15-6-2-3-7-17(15)13-21-19(23)14-27-20(24)16-8-4-9-18(12-16)22-10-5-11-28(22,25)26/h2-4,6-9,12H,5,10-11,13-14H2,1H3,(H,21,23). The lowest BCUT2D eigenvalue weighted by atomic mass is 10.1. The van der Waals surface area contributed by atoms with Crippen LogP contribution in [0.15, 0.2) is 48.5 Å². The fourth-order valence-electron chi connectivity index (χ4n) is 2.99. The van der Waals surface area contributed by atoms with Gasteiger partial charge in [-0.05, 0) is 42.7 Å². The summed E-state index contributed by atoms with van der Waals surface area (Å²) >= 11 is 0. The van der Waals surface area contributed by atoms with Gasteiger partial charge in [0.05, 0.1) is 17.0 Å². The highest BCUT2D eigenvalue weighted by atomic mass is 32.2. The maximum atomic E-state index is 12.2. The molecule has 1 amide bonds. The van der Waals surface area contributed by atoms with Crippen LogP contribution in [0.25, 0.3) is 0 Å². The topological polar surface area (TPSA) is 92.8 Å². The van der Waals surface area contributed by atoms with Gasteiger partial charge >= 0.3 is 5.97 Å². The van der Waals surface area contributed by atoms with E-state index < -0.39 is 28.5 Å². The summed E-state index contributed by atoms with van der Waals surface area (Å²) in [5.41, 5.74) is 2.68. The van der Waals surface area contributed by atoms with Crippen molar-refractivity contribution in [3.63, 3.8) is 0 Å². The molecule has 3 rings (SSSR count). The number of aryl methyl sites for hydroxylation is 1. The van der Waals surface area contributed by atoms with Crippen LogP contribution in [0.4, 0.5) is 5.69 Å². The van der Waals surface area contributed by atoms with Crippen LogP contribution in [0.1, 0.15) is 27.9 Å². The van der Waals surface area contributed by atoms with Crippen molar-refractivity contribution in [2.45, 2.75) is 19.9 Å². The highest BCUT2D eigenvalue weighted by molar-refractivity contribution is 7.93. The van der Waals surface area contributed by atoms with Crippen LogP contribution in [0, 0.1) is 6.92 Å². The number of esters is 1. The van der Waals surface area contributed by atoms with Crippen molar-refractivity contribution in [2.75, 3.05) is 23.2 Å². The minimum atomic E-state index is -3.33. The van der Waals surface area contributed by atoms with Crippen molar-refractivity contribution in [3.05, 3.63) is 65.2 Å². The number of sulfonamides is 1. The number of carbonyl (C=O) groups is 2. The first-order chi connectivity index (χ1) is 13.4. The summed E-state index contributed by atoms with van der Waals surface area (Å²) in [5.74, 6) is -0.984. The predicted octanol–water partition coefficient (Wildman–Crippen LogP) is 2.01. The molecule has 1 saturated heterocycles. The lowest BCUT2D eigenvalue weighted by molar-refractivity contribution is -0.124. The molecule has 1 N–H and O–H groups in total. The molecule has 0 saturated carbocycles. The van der Waals surface area contributed by atoms with Crippen molar-refractivity contribution in [1.82, 2.24) is 5.32 Å². The summed E-state index contributed by atoms with van der Waals surface area (Å²) in [4.78, 5) is 24.2. The summed E-state index contributed by atoms with van der Waals surface area (Å²) in [5, 5.41) is 2.71. The molecule has 148 valence electrons. The van der Waals surface area contributed by atoms with Gasteiger partial charge in [-0.2, -0.15) is 0 Å². The second-order valence-electron chi connectivity index (χ2n) is 6.57. The molecule has 2 aromatic carbocycles. The second-order valence-corrected chi connectivity index (χ2v) is 8.58. The number of hydrogen-bond acceptors (Lipinski definition) is 5. The molecule has 8 heteroatoms. The van der Waals surface area contributed by atoms with E-state index in [-0.39, 0.29) is 11.3 Å². The van der Waals surface area contributed by atoms with E-state index in [1.54, 1.807) is 12.1 Å². The van der Waals surface area contributed by atoms with Crippen molar-refractivity contribution in [3.8, 4) is 0 Å². The van der Waals surface area contributed by atoms with Crippen LogP contribution in [0.2, 0.25) is 0 Å². The van der Waals surface area contributed by atoms with Gasteiger partial charge in [-0.15, -0.1) is 0 Å². The van der Waals surface area contributed by atoms with Crippen molar-refractivity contribution in [1.29, 1.82) is 0 Å². The molecule has 1 aliphatic heterocycles. The van der Waals surface area contributed by atoms with Gasteiger partial charge in [0.15, 0.2) is 6.61 Å². The van der Waals surface area contributed by atoms with Gasteiger partial charge in [-0.3, -0.25) is 9.10 Å². The number of amides is 1. The lowest BCUT2D eigenvalue weighted by Crippen LogP contribution is -2.28. The Bertz CT molecular complexity index is 988. The zero-order chi connectivity index (χ0) is 20.1. The van der Waals surface area contributed by atoms with Gasteiger partial charge in [0, 0.05) is 13.1 Å². The lowest BCUT2D eigenvalue weighted by Gasteiger charge is -2.17. The largest absolute Gasteiger partial charge is 0.452 e. The quantitative estimate of drug-likeness (QED) is 0.746. The third kappa shape index (κ3) is 4.69. The highest BCUT2D eigenvalue weighted by Crippen LogP contribution is 2.25. The zero-order valence-electron chi connectivity index (χ0n) is 15.6. The smallest absolute Gasteiger partial charge is 0.338 e. The van der Waals surface area contributed by atoms with Crippen LogP contribution in [0.5, 0.6) is 0 Å². The maximum absolute atomic E-state index is 12.2. The van der Waals surface area contributed by atoms with E-state index >= 15 is 0 Å². The van der Waals surface area contributed by atoms with Crippen molar-refractivity contribution in [2.24, 2.45) is 0 Å². The third-order valence-corrected chi connectivity index (χ3v) is 6.41. The van der Waals surface area contributed by atoms with Crippen LogP contribution < -0.4 is 9.62 Å². The molecule has 0 atom stereocenters. The molecular formula is C20H22N2O5S. The Balaban J connectivity index is 1.56. The number of carbonyl (C=O) groups excluding carboxylic acids is 2. The summed E-state index contributed by atoms with van der Waals surface area (Å²) < 4.78 is 30.4. The van der Waals surface area contributed by atoms with Crippen LogP contribution in [-0.2, 0) is 26.1 Å². The summed E-state index contributed by atoms with van der Waals surface area (Å²) in [6.45, 7) is 2.29. The number of hydrogen-bond donors (Lipinski definition) is 1. The van der Waals surface area contributed by atoms with Gasteiger partial charge in [0.25, 0.3) is 5.91 Å². The van der Waals surface area contributed by atoms with Gasteiger partial charge in [-0.25, -0.2) is 13.2 Å².